The number of anilines is 1. The molecule has 4 rings (SSSR count). The molecule has 6 heteroatoms. The largest absolute Gasteiger partial charge is 0.494 e. The Morgan fingerprint density at radius 1 is 1.17 bits per heavy atom. The summed E-state index contributed by atoms with van der Waals surface area (Å²) in [6.07, 6.45) is 1.96. The molecule has 0 aliphatic heterocycles. The van der Waals surface area contributed by atoms with Crippen LogP contribution in [0.5, 0.6) is 5.75 Å². The Labute approximate surface area is 176 Å². The molecule has 0 bridgehead atoms. The molecule has 1 aromatic heterocycles. The number of benzene rings is 2. The molecule has 1 aliphatic rings. The van der Waals surface area contributed by atoms with E-state index in [0.29, 0.717) is 30.4 Å². The van der Waals surface area contributed by atoms with E-state index in [2.05, 4.69) is 16.0 Å². The van der Waals surface area contributed by atoms with E-state index >= 15 is 0 Å². The molecule has 0 atom stereocenters. The number of aromatic nitrogens is 1. The van der Waals surface area contributed by atoms with Gasteiger partial charge in [-0.05, 0) is 62.4 Å². The third-order valence-electron chi connectivity index (χ3n) is 5.28. The molecule has 0 spiro atoms. The topological polar surface area (TPSA) is 76.3 Å². The molecule has 3 aromatic rings. The van der Waals surface area contributed by atoms with Crippen LogP contribution in [-0.4, -0.2) is 23.9 Å². The first-order chi connectivity index (χ1) is 14.6. The van der Waals surface area contributed by atoms with Crippen LogP contribution in [0.15, 0.2) is 42.5 Å². The number of nitrogens with one attached hydrogen (secondary N) is 1. The van der Waals surface area contributed by atoms with Crippen molar-refractivity contribution in [2.45, 2.75) is 33.2 Å². The molecule has 154 valence electrons. The molecule has 30 heavy (non-hydrogen) atoms. The summed E-state index contributed by atoms with van der Waals surface area (Å²) in [4.78, 5) is 11.7. The lowest BCUT2D eigenvalue weighted by atomic mass is 10.1. The molecule has 1 aliphatic carbocycles. The van der Waals surface area contributed by atoms with Gasteiger partial charge < -0.3 is 14.0 Å². The van der Waals surface area contributed by atoms with Gasteiger partial charge in [0, 0.05) is 23.7 Å². The van der Waals surface area contributed by atoms with Crippen molar-refractivity contribution in [1.29, 1.82) is 5.26 Å². The first kappa shape index (κ1) is 19.8. The first-order valence-corrected chi connectivity index (χ1v) is 10.4. The van der Waals surface area contributed by atoms with Crippen molar-refractivity contribution in [3.8, 4) is 23.1 Å². The van der Waals surface area contributed by atoms with Crippen molar-refractivity contribution in [2.24, 2.45) is 5.92 Å². The van der Waals surface area contributed by atoms with Crippen LogP contribution in [0.1, 0.15) is 32.3 Å². The predicted molar refractivity (Wildman–Crippen MR) is 117 cm³/mol. The number of nitrogens with zero attached hydrogens (tertiary/aromatic N) is 2. The van der Waals surface area contributed by atoms with Crippen LogP contribution in [0.3, 0.4) is 0 Å². The maximum absolute atomic E-state index is 11.7. The van der Waals surface area contributed by atoms with Gasteiger partial charge >= 0.3 is 6.09 Å². The lowest BCUT2D eigenvalue weighted by molar-refractivity contribution is 0.168. The summed E-state index contributed by atoms with van der Waals surface area (Å²) in [7, 11) is 0. The number of hydrogen-bond donors (Lipinski definition) is 1. The maximum Gasteiger partial charge on any atom is 0.411 e. The summed E-state index contributed by atoms with van der Waals surface area (Å²) in [5.41, 5.74) is 4.19. The lowest BCUT2D eigenvalue weighted by Crippen LogP contribution is -2.13. The van der Waals surface area contributed by atoms with E-state index in [9.17, 15) is 10.1 Å². The van der Waals surface area contributed by atoms with Gasteiger partial charge in [0.25, 0.3) is 0 Å². The zero-order valence-electron chi connectivity index (χ0n) is 17.3. The van der Waals surface area contributed by atoms with Gasteiger partial charge in [0.1, 0.15) is 11.8 Å². The normalized spacial score (nSPS) is 13.1. The predicted octanol–water partition coefficient (Wildman–Crippen LogP) is 5.56. The van der Waals surface area contributed by atoms with Gasteiger partial charge in [-0.25, -0.2) is 4.79 Å². The van der Waals surface area contributed by atoms with Crippen LogP contribution in [0.4, 0.5) is 10.5 Å². The van der Waals surface area contributed by atoms with Crippen LogP contribution in [0, 0.1) is 17.2 Å². The molecule has 0 saturated heterocycles. The van der Waals surface area contributed by atoms with E-state index in [1.54, 1.807) is 6.92 Å². The molecular formula is C24H25N3O3. The number of ether oxygens (including phenoxy) is 2. The van der Waals surface area contributed by atoms with E-state index in [1.807, 2.05) is 49.4 Å². The van der Waals surface area contributed by atoms with E-state index < -0.39 is 6.09 Å². The fourth-order valence-electron chi connectivity index (χ4n) is 3.74. The monoisotopic (exact) mass is 403 g/mol. The van der Waals surface area contributed by atoms with Crippen LogP contribution in [0.25, 0.3) is 22.2 Å². The van der Waals surface area contributed by atoms with Crippen molar-refractivity contribution in [1.82, 2.24) is 4.57 Å². The molecule has 6 nitrogen and oxygen atoms in total. The summed E-state index contributed by atoms with van der Waals surface area (Å²) in [5.74, 6) is 1.45. The number of amides is 1. The van der Waals surface area contributed by atoms with Gasteiger partial charge in [0.05, 0.1) is 30.0 Å². The quantitative estimate of drug-likeness (QED) is 0.560. The zero-order chi connectivity index (χ0) is 21.1. The summed E-state index contributed by atoms with van der Waals surface area (Å²) >= 11 is 0. The van der Waals surface area contributed by atoms with E-state index in [1.165, 1.54) is 12.8 Å². The molecule has 1 saturated carbocycles. The van der Waals surface area contributed by atoms with Crippen molar-refractivity contribution in [3.05, 3.63) is 48.0 Å². The third kappa shape index (κ3) is 3.97. The first-order valence-electron chi connectivity index (χ1n) is 10.4. The SMILES string of the molecule is CCOC(=O)Nc1ccc(-c2c(C#N)c3ccc(OCC)cc3n2CC2CC2)cc1. The minimum Gasteiger partial charge on any atom is -0.494 e. The Bertz CT molecular complexity index is 1110. The molecule has 0 unspecified atom stereocenters. The molecule has 1 fully saturated rings. The average molecular weight is 403 g/mol. The average Bonchev–Trinajstić information content (AvgIpc) is 3.51. The van der Waals surface area contributed by atoms with Gasteiger partial charge in [0.2, 0.25) is 0 Å². The Kier molecular flexibility index (Phi) is 5.62. The van der Waals surface area contributed by atoms with Gasteiger partial charge in [0.15, 0.2) is 0 Å². The van der Waals surface area contributed by atoms with Crippen LogP contribution in [-0.2, 0) is 11.3 Å². The summed E-state index contributed by atoms with van der Waals surface area (Å²) in [6, 6.07) is 15.9. The van der Waals surface area contributed by atoms with Gasteiger partial charge in [-0.2, -0.15) is 5.26 Å². The highest BCUT2D eigenvalue weighted by Gasteiger charge is 2.26. The highest BCUT2D eigenvalue weighted by molar-refractivity contribution is 5.95. The molecule has 0 radical (unpaired) electrons. The number of carbonyl (C=O) groups excluding carboxylic acids is 1. The molecule has 2 aromatic carbocycles. The summed E-state index contributed by atoms with van der Waals surface area (Å²) in [5, 5.41) is 13.6. The van der Waals surface area contributed by atoms with Gasteiger partial charge in [-0.3, -0.25) is 5.32 Å². The fraction of sp³-hybridized carbons (Fsp3) is 0.333. The third-order valence-corrected chi connectivity index (χ3v) is 5.28. The van der Waals surface area contributed by atoms with Crippen molar-refractivity contribution in [2.75, 3.05) is 18.5 Å². The Balaban J connectivity index is 1.78. The van der Waals surface area contributed by atoms with Crippen LogP contribution < -0.4 is 10.1 Å². The number of nitriles is 1. The number of rotatable bonds is 7. The van der Waals surface area contributed by atoms with E-state index in [0.717, 1.165) is 34.5 Å². The zero-order valence-corrected chi connectivity index (χ0v) is 17.3. The summed E-state index contributed by atoms with van der Waals surface area (Å²) in [6.45, 7) is 5.53. The van der Waals surface area contributed by atoms with Crippen LogP contribution >= 0.6 is 0 Å². The molecule has 1 heterocycles. The second-order valence-corrected chi connectivity index (χ2v) is 7.42. The van der Waals surface area contributed by atoms with Crippen molar-refractivity contribution >= 4 is 22.7 Å². The van der Waals surface area contributed by atoms with E-state index in [4.69, 9.17) is 9.47 Å². The number of hydrogen-bond acceptors (Lipinski definition) is 4. The van der Waals surface area contributed by atoms with Gasteiger partial charge in [-0.15, -0.1) is 0 Å². The van der Waals surface area contributed by atoms with E-state index in [-0.39, 0.29) is 0 Å². The highest BCUT2D eigenvalue weighted by Crippen LogP contribution is 2.39. The maximum atomic E-state index is 11.7. The minimum absolute atomic E-state index is 0.320. The minimum atomic E-state index is -0.478. The van der Waals surface area contributed by atoms with Crippen molar-refractivity contribution < 1.29 is 14.3 Å². The Morgan fingerprint density at radius 2 is 1.93 bits per heavy atom. The van der Waals surface area contributed by atoms with Crippen molar-refractivity contribution in [3.63, 3.8) is 0 Å². The molecular weight excluding hydrogens is 378 g/mol. The Morgan fingerprint density at radius 3 is 2.57 bits per heavy atom. The smallest absolute Gasteiger partial charge is 0.411 e. The van der Waals surface area contributed by atoms with Gasteiger partial charge in [-0.1, -0.05) is 12.1 Å². The second-order valence-electron chi connectivity index (χ2n) is 7.42. The number of fused-ring (bicyclic) bond motifs is 1. The number of carbonyl (C=O) groups is 1. The lowest BCUT2D eigenvalue weighted by Gasteiger charge is -2.12. The highest BCUT2D eigenvalue weighted by atomic mass is 16.5. The fourth-order valence-corrected chi connectivity index (χ4v) is 3.74. The van der Waals surface area contributed by atoms with Crippen LogP contribution in [0.2, 0.25) is 0 Å². The second kappa shape index (κ2) is 8.50. The Hall–Kier alpha value is -3.46. The molecule has 1 amide bonds. The standard InChI is InChI=1S/C24H25N3O3/c1-3-29-19-11-12-20-21(14-25)23(27(22(20)13-19)15-16-5-6-16)17-7-9-18(10-8-17)26-24(28)30-4-2/h7-13,16H,3-6,15H2,1-2H3,(H,26,28). The summed E-state index contributed by atoms with van der Waals surface area (Å²) < 4.78 is 12.9. The molecule has 1 N–H and O–H groups in total.